The zero-order valence-electron chi connectivity index (χ0n) is 17.3. The van der Waals surface area contributed by atoms with Crippen LogP contribution in [0, 0.1) is 17.0 Å². The van der Waals surface area contributed by atoms with E-state index in [1.807, 2.05) is 6.92 Å². The van der Waals surface area contributed by atoms with Gasteiger partial charge in [0.2, 0.25) is 11.1 Å². The van der Waals surface area contributed by atoms with E-state index in [-0.39, 0.29) is 28.9 Å². The molecule has 0 aliphatic carbocycles. The smallest absolute Gasteiger partial charge is 0.356 e. The Morgan fingerprint density at radius 3 is 2.58 bits per heavy atom. The molecule has 0 spiro atoms. The summed E-state index contributed by atoms with van der Waals surface area (Å²) in [5, 5.41) is 23.0. The molecule has 33 heavy (non-hydrogen) atoms. The van der Waals surface area contributed by atoms with Crippen LogP contribution in [0.25, 0.3) is 5.69 Å². The maximum absolute atomic E-state index is 13.0. The molecule has 174 valence electrons. The maximum atomic E-state index is 13.0. The molecule has 0 saturated heterocycles. The van der Waals surface area contributed by atoms with Crippen LogP contribution in [-0.2, 0) is 17.4 Å². The Morgan fingerprint density at radius 1 is 1.24 bits per heavy atom. The van der Waals surface area contributed by atoms with E-state index in [2.05, 4.69) is 15.5 Å². The summed E-state index contributed by atoms with van der Waals surface area (Å²) in [5.41, 5.74) is -0.446. The number of aryl methyl sites for hydroxylation is 1. The van der Waals surface area contributed by atoms with Crippen LogP contribution in [0.4, 0.5) is 18.9 Å². The van der Waals surface area contributed by atoms with Gasteiger partial charge in [0.25, 0.3) is 5.69 Å². The average Bonchev–Trinajstić information content (AvgIpc) is 3.11. The predicted molar refractivity (Wildman–Crippen MR) is 116 cm³/mol. The number of nitrogens with zero attached hydrogens (tertiary/aromatic N) is 4. The van der Waals surface area contributed by atoms with Gasteiger partial charge in [-0.05, 0) is 48.5 Å². The number of hydrogen-bond donors (Lipinski definition) is 1. The standard InChI is InChI=1S/C20H17ClF3N5O3S/c1-11-3-5-14(10-15(11)21)28-18(7-8-25-12(2)30)26-27-19(28)33-17-6-4-13(20(22,23)24)9-16(17)29(31)32/h3-6,9-10H,7-8H2,1-2H3,(H,25,30). The summed E-state index contributed by atoms with van der Waals surface area (Å²) < 4.78 is 40.7. The van der Waals surface area contributed by atoms with Crippen LogP contribution in [0.3, 0.4) is 0 Å². The van der Waals surface area contributed by atoms with E-state index >= 15 is 0 Å². The van der Waals surface area contributed by atoms with Crippen molar-refractivity contribution in [3.8, 4) is 5.69 Å². The third kappa shape index (κ3) is 5.82. The van der Waals surface area contributed by atoms with E-state index < -0.39 is 22.4 Å². The first-order valence-electron chi connectivity index (χ1n) is 9.46. The lowest BCUT2D eigenvalue weighted by atomic mass is 10.2. The molecule has 0 radical (unpaired) electrons. The number of nitrogens with one attached hydrogen (secondary N) is 1. The summed E-state index contributed by atoms with van der Waals surface area (Å²) in [6.07, 6.45) is -4.43. The summed E-state index contributed by atoms with van der Waals surface area (Å²) in [6, 6.07) is 7.47. The Kier molecular flexibility index (Phi) is 7.28. The Balaban J connectivity index is 2.06. The molecule has 0 bridgehead atoms. The molecule has 0 atom stereocenters. The zero-order valence-corrected chi connectivity index (χ0v) is 18.9. The van der Waals surface area contributed by atoms with Crippen molar-refractivity contribution in [2.75, 3.05) is 6.54 Å². The quantitative estimate of drug-likeness (QED) is 0.363. The summed E-state index contributed by atoms with van der Waals surface area (Å²) in [7, 11) is 0. The van der Waals surface area contributed by atoms with Crippen LogP contribution in [-0.4, -0.2) is 32.1 Å². The summed E-state index contributed by atoms with van der Waals surface area (Å²) in [4.78, 5) is 21.8. The largest absolute Gasteiger partial charge is 0.416 e. The number of benzene rings is 2. The molecule has 3 aromatic rings. The highest BCUT2D eigenvalue weighted by Crippen LogP contribution is 2.39. The van der Waals surface area contributed by atoms with E-state index in [0.29, 0.717) is 22.6 Å². The minimum absolute atomic E-state index is 0.0340. The van der Waals surface area contributed by atoms with Gasteiger partial charge in [-0.15, -0.1) is 10.2 Å². The number of alkyl halides is 3. The van der Waals surface area contributed by atoms with Gasteiger partial charge in [0.05, 0.1) is 21.1 Å². The fourth-order valence-corrected chi connectivity index (χ4v) is 4.01. The molecular formula is C20H17ClF3N5O3S. The fourth-order valence-electron chi connectivity index (χ4n) is 2.88. The van der Waals surface area contributed by atoms with Crippen LogP contribution >= 0.6 is 23.4 Å². The van der Waals surface area contributed by atoms with Crippen LogP contribution in [0.5, 0.6) is 0 Å². The van der Waals surface area contributed by atoms with E-state index in [1.54, 1.807) is 22.8 Å². The monoisotopic (exact) mass is 499 g/mol. The molecule has 0 unspecified atom stereocenters. The average molecular weight is 500 g/mol. The Hall–Kier alpha value is -3.12. The van der Waals surface area contributed by atoms with E-state index in [4.69, 9.17) is 11.6 Å². The number of carbonyl (C=O) groups excluding carboxylic acids is 1. The molecule has 13 heteroatoms. The van der Waals surface area contributed by atoms with Gasteiger partial charge < -0.3 is 5.32 Å². The van der Waals surface area contributed by atoms with Crippen LogP contribution in [0.2, 0.25) is 5.02 Å². The third-order valence-electron chi connectivity index (χ3n) is 4.52. The summed E-state index contributed by atoms with van der Waals surface area (Å²) in [5.74, 6) is 0.204. The number of nitro groups is 1. The second-order valence-corrected chi connectivity index (χ2v) is 8.36. The molecule has 1 aromatic heterocycles. The van der Waals surface area contributed by atoms with Crippen molar-refractivity contribution in [2.24, 2.45) is 0 Å². The Labute approximate surface area is 195 Å². The van der Waals surface area contributed by atoms with Crippen molar-refractivity contribution in [2.45, 2.75) is 36.5 Å². The van der Waals surface area contributed by atoms with Gasteiger partial charge >= 0.3 is 6.18 Å². The van der Waals surface area contributed by atoms with Crippen molar-refractivity contribution in [3.63, 3.8) is 0 Å². The highest BCUT2D eigenvalue weighted by atomic mass is 35.5. The molecule has 3 rings (SSSR count). The van der Waals surface area contributed by atoms with Crippen molar-refractivity contribution in [1.82, 2.24) is 20.1 Å². The van der Waals surface area contributed by atoms with E-state index in [1.165, 1.54) is 6.92 Å². The second-order valence-electron chi connectivity index (χ2n) is 6.94. The molecule has 0 fully saturated rings. The first kappa shape index (κ1) is 24.5. The highest BCUT2D eigenvalue weighted by molar-refractivity contribution is 7.99. The molecule has 1 N–H and O–H groups in total. The topological polar surface area (TPSA) is 103 Å². The molecule has 2 aromatic carbocycles. The van der Waals surface area contributed by atoms with Gasteiger partial charge in [0.1, 0.15) is 5.82 Å². The number of amides is 1. The Bertz CT molecular complexity index is 1220. The van der Waals surface area contributed by atoms with Crippen LogP contribution < -0.4 is 5.32 Å². The molecule has 8 nitrogen and oxygen atoms in total. The zero-order chi connectivity index (χ0) is 24.3. The molecule has 0 aliphatic heterocycles. The minimum atomic E-state index is -4.72. The van der Waals surface area contributed by atoms with Gasteiger partial charge in [0.15, 0.2) is 0 Å². The van der Waals surface area contributed by atoms with Crippen LogP contribution in [0.1, 0.15) is 23.9 Å². The maximum Gasteiger partial charge on any atom is 0.416 e. The molecule has 1 heterocycles. The molecule has 0 aliphatic rings. The summed E-state index contributed by atoms with van der Waals surface area (Å²) in [6.45, 7) is 3.45. The number of rotatable bonds is 7. The predicted octanol–water partition coefficient (Wildman–Crippen LogP) is 4.99. The second kappa shape index (κ2) is 9.79. The SMILES string of the molecule is CC(=O)NCCc1nnc(Sc2ccc(C(F)(F)F)cc2[N+](=O)[O-])n1-c1ccc(C)c(Cl)c1. The third-order valence-corrected chi connectivity index (χ3v) is 5.94. The first-order chi connectivity index (χ1) is 15.5. The minimum Gasteiger partial charge on any atom is -0.356 e. The lowest BCUT2D eigenvalue weighted by Gasteiger charge is -2.12. The normalized spacial score (nSPS) is 11.5. The highest BCUT2D eigenvalue weighted by Gasteiger charge is 2.33. The Morgan fingerprint density at radius 2 is 1.97 bits per heavy atom. The number of halogens is 4. The van der Waals surface area contributed by atoms with E-state index in [0.717, 1.165) is 29.5 Å². The number of aromatic nitrogens is 3. The van der Waals surface area contributed by atoms with Crippen molar-refractivity contribution >= 4 is 35.0 Å². The van der Waals surface area contributed by atoms with Gasteiger partial charge in [0, 0.05) is 31.0 Å². The number of hydrogen-bond acceptors (Lipinski definition) is 6. The first-order valence-corrected chi connectivity index (χ1v) is 10.7. The van der Waals surface area contributed by atoms with Crippen LogP contribution in [0.15, 0.2) is 46.5 Å². The van der Waals surface area contributed by atoms with Gasteiger partial charge in [-0.25, -0.2) is 0 Å². The molecule has 1 amide bonds. The van der Waals surface area contributed by atoms with Crippen molar-refractivity contribution < 1.29 is 22.9 Å². The molecular weight excluding hydrogens is 483 g/mol. The van der Waals surface area contributed by atoms with Gasteiger partial charge in [-0.1, -0.05) is 17.7 Å². The lowest BCUT2D eigenvalue weighted by Crippen LogP contribution is -2.23. The number of nitro benzene ring substituents is 1. The fraction of sp³-hybridized carbons (Fsp3) is 0.250. The van der Waals surface area contributed by atoms with Gasteiger partial charge in [-0.3, -0.25) is 19.5 Å². The van der Waals surface area contributed by atoms with Gasteiger partial charge in [-0.2, -0.15) is 13.2 Å². The lowest BCUT2D eigenvalue weighted by molar-refractivity contribution is -0.388. The molecule has 0 saturated carbocycles. The van der Waals surface area contributed by atoms with Crippen molar-refractivity contribution in [1.29, 1.82) is 0 Å². The van der Waals surface area contributed by atoms with E-state index in [9.17, 15) is 28.1 Å². The van der Waals surface area contributed by atoms with Crippen molar-refractivity contribution in [3.05, 3.63) is 68.5 Å². The summed E-state index contributed by atoms with van der Waals surface area (Å²) >= 11 is 7.06. The number of carbonyl (C=O) groups is 1.